The number of nitrogens with zero attached hydrogens (tertiary/aromatic N) is 1. The molecular weight excluding hydrogens is 227 g/mol. The van der Waals surface area contributed by atoms with Crippen molar-refractivity contribution in [1.82, 2.24) is 4.90 Å². The van der Waals surface area contributed by atoms with Gasteiger partial charge >= 0.3 is 0 Å². The molecule has 18 heavy (non-hydrogen) atoms. The topological polar surface area (TPSA) is 29.3 Å². The van der Waals surface area contributed by atoms with E-state index in [2.05, 4.69) is 11.9 Å². The Kier molecular flexibility index (Phi) is 4.72. The molecule has 2 N–H and O–H groups in total. The molecule has 3 heteroatoms. The second kappa shape index (κ2) is 6.30. The zero-order valence-corrected chi connectivity index (χ0v) is 11.1. The van der Waals surface area contributed by atoms with Crippen LogP contribution in [0.4, 0.5) is 4.39 Å². The number of nitrogens with two attached hydrogens (primary N) is 1. The molecule has 0 aliphatic heterocycles. The first-order chi connectivity index (χ1) is 8.65. The van der Waals surface area contributed by atoms with Crippen LogP contribution in [-0.2, 0) is 6.54 Å². The Morgan fingerprint density at radius 3 is 2.83 bits per heavy atom. The smallest absolute Gasteiger partial charge is 0.127 e. The summed E-state index contributed by atoms with van der Waals surface area (Å²) < 4.78 is 13.5. The third-order valence-electron chi connectivity index (χ3n) is 3.79. The SMILES string of the molecule is CN(Cc1ccccc1F)CC1CCCC(N)C1. The second-order valence-electron chi connectivity index (χ2n) is 5.58. The molecule has 2 rings (SSSR count). The average Bonchev–Trinajstić information content (AvgIpc) is 2.32. The van der Waals surface area contributed by atoms with Gasteiger partial charge in [0.2, 0.25) is 0 Å². The maximum absolute atomic E-state index is 13.5. The number of halogens is 1. The molecule has 100 valence electrons. The van der Waals surface area contributed by atoms with E-state index in [0.717, 1.165) is 24.9 Å². The molecule has 1 fully saturated rings. The summed E-state index contributed by atoms with van der Waals surface area (Å²) >= 11 is 0. The van der Waals surface area contributed by atoms with Gasteiger partial charge in [-0.3, -0.25) is 0 Å². The van der Waals surface area contributed by atoms with Crippen LogP contribution in [0.25, 0.3) is 0 Å². The first-order valence-corrected chi connectivity index (χ1v) is 6.82. The summed E-state index contributed by atoms with van der Waals surface area (Å²) in [6, 6.07) is 7.38. The fourth-order valence-corrected chi connectivity index (χ4v) is 2.92. The van der Waals surface area contributed by atoms with Gasteiger partial charge in [0.25, 0.3) is 0 Å². The van der Waals surface area contributed by atoms with Crippen LogP contribution in [0, 0.1) is 11.7 Å². The van der Waals surface area contributed by atoms with Crippen molar-refractivity contribution in [2.75, 3.05) is 13.6 Å². The maximum atomic E-state index is 13.5. The van der Waals surface area contributed by atoms with E-state index < -0.39 is 0 Å². The van der Waals surface area contributed by atoms with Gasteiger partial charge in [0.1, 0.15) is 5.82 Å². The lowest BCUT2D eigenvalue weighted by Crippen LogP contribution is -2.34. The van der Waals surface area contributed by atoms with E-state index in [1.165, 1.54) is 18.9 Å². The third-order valence-corrected chi connectivity index (χ3v) is 3.79. The van der Waals surface area contributed by atoms with Crippen LogP contribution < -0.4 is 5.73 Å². The highest BCUT2D eigenvalue weighted by Crippen LogP contribution is 2.24. The van der Waals surface area contributed by atoms with Crippen molar-refractivity contribution in [3.63, 3.8) is 0 Å². The Bertz CT molecular complexity index is 381. The molecule has 0 aromatic heterocycles. The lowest BCUT2D eigenvalue weighted by Gasteiger charge is -2.30. The summed E-state index contributed by atoms with van der Waals surface area (Å²) in [5, 5.41) is 0. The lowest BCUT2D eigenvalue weighted by molar-refractivity contribution is 0.215. The molecule has 1 aromatic rings. The first-order valence-electron chi connectivity index (χ1n) is 6.82. The Balaban J connectivity index is 1.85. The largest absolute Gasteiger partial charge is 0.328 e. The van der Waals surface area contributed by atoms with Crippen molar-refractivity contribution < 1.29 is 4.39 Å². The van der Waals surface area contributed by atoms with E-state index in [1.54, 1.807) is 6.07 Å². The fourth-order valence-electron chi connectivity index (χ4n) is 2.92. The summed E-state index contributed by atoms with van der Waals surface area (Å²) in [4.78, 5) is 2.21. The van der Waals surface area contributed by atoms with Crippen LogP contribution in [0.3, 0.4) is 0 Å². The molecule has 1 aliphatic carbocycles. The molecule has 0 spiro atoms. The van der Waals surface area contributed by atoms with Gasteiger partial charge in [-0.25, -0.2) is 4.39 Å². The van der Waals surface area contributed by atoms with E-state index >= 15 is 0 Å². The number of hydrogen-bond donors (Lipinski definition) is 1. The Morgan fingerprint density at radius 1 is 1.33 bits per heavy atom. The van der Waals surface area contributed by atoms with E-state index in [1.807, 2.05) is 12.1 Å². The van der Waals surface area contributed by atoms with E-state index in [-0.39, 0.29) is 5.82 Å². The predicted octanol–water partition coefficient (Wildman–Crippen LogP) is 2.78. The normalized spacial score (nSPS) is 24.4. The third kappa shape index (κ3) is 3.79. The van der Waals surface area contributed by atoms with Gasteiger partial charge in [-0.05, 0) is 38.3 Å². The minimum Gasteiger partial charge on any atom is -0.328 e. The molecule has 1 aromatic carbocycles. The minimum absolute atomic E-state index is 0.107. The van der Waals surface area contributed by atoms with Gasteiger partial charge in [0.15, 0.2) is 0 Å². The zero-order chi connectivity index (χ0) is 13.0. The molecule has 1 saturated carbocycles. The average molecular weight is 250 g/mol. The molecule has 0 amide bonds. The molecule has 0 bridgehead atoms. The van der Waals surface area contributed by atoms with E-state index in [9.17, 15) is 4.39 Å². The summed E-state index contributed by atoms with van der Waals surface area (Å²) in [7, 11) is 2.06. The van der Waals surface area contributed by atoms with Crippen LogP contribution in [0.2, 0.25) is 0 Å². The highest BCUT2D eigenvalue weighted by atomic mass is 19.1. The molecular formula is C15H23FN2. The number of rotatable bonds is 4. The molecule has 0 saturated heterocycles. The van der Waals surface area contributed by atoms with Crippen molar-refractivity contribution in [2.45, 2.75) is 38.3 Å². The van der Waals surface area contributed by atoms with E-state index in [4.69, 9.17) is 5.73 Å². The summed E-state index contributed by atoms with van der Waals surface area (Å²) in [5.74, 6) is 0.565. The quantitative estimate of drug-likeness (QED) is 0.890. The van der Waals surface area contributed by atoms with Crippen molar-refractivity contribution in [3.8, 4) is 0 Å². The minimum atomic E-state index is -0.107. The van der Waals surface area contributed by atoms with Gasteiger partial charge < -0.3 is 10.6 Å². The zero-order valence-electron chi connectivity index (χ0n) is 11.1. The van der Waals surface area contributed by atoms with Crippen LogP contribution >= 0.6 is 0 Å². The Labute approximate surface area is 109 Å². The predicted molar refractivity (Wildman–Crippen MR) is 72.7 cm³/mol. The highest BCUT2D eigenvalue weighted by molar-refractivity contribution is 5.16. The first kappa shape index (κ1) is 13.5. The standard InChI is InChI=1S/C15H23FN2/c1-18(10-12-5-4-7-14(17)9-12)11-13-6-2-3-8-15(13)16/h2-3,6,8,12,14H,4-5,7,9-11,17H2,1H3. The van der Waals surface area contributed by atoms with Crippen LogP contribution in [-0.4, -0.2) is 24.5 Å². The molecule has 0 radical (unpaired) electrons. The summed E-state index contributed by atoms with van der Waals surface area (Å²) in [5.41, 5.74) is 6.78. The van der Waals surface area contributed by atoms with Crippen molar-refractivity contribution in [3.05, 3.63) is 35.6 Å². The molecule has 2 atom stereocenters. The molecule has 2 nitrogen and oxygen atoms in total. The van der Waals surface area contributed by atoms with E-state index in [0.29, 0.717) is 18.5 Å². The summed E-state index contributed by atoms with van der Waals surface area (Å²) in [6.07, 6.45) is 4.77. The molecule has 2 unspecified atom stereocenters. The molecule has 1 aliphatic rings. The van der Waals surface area contributed by atoms with Crippen molar-refractivity contribution in [2.24, 2.45) is 11.7 Å². The van der Waals surface area contributed by atoms with Crippen LogP contribution in [0.1, 0.15) is 31.2 Å². The fraction of sp³-hybridized carbons (Fsp3) is 0.600. The van der Waals surface area contributed by atoms with Crippen LogP contribution in [0.15, 0.2) is 24.3 Å². The van der Waals surface area contributed by atoms with Gasteiger partial charge in [-0.2, -0.15) is 0 Å². The van der Waals surface area contributed by atoms with Crippen molar-refractivity contribution >= 4 is 0 Å². The highest BCUT2D eigenvalue weighted by Gasteiger charge is 2.20. The Morgan fingerprint density at radius 2 is 2.11 bits per heavy atom. The van der Waals surface area contributed by atoms with Crippen molar-refractivity contribution in [1.29, 1.82) is 0 Å². The maximum Gasteiger partial charge on any atom is 0.127 e. The molecule has 0 heterocycles. The van der Waals surface area contributed by atoms with Gasteiger partial charge in [0.05, 0.1) is 0 Å². The van der Waals surface area contributed by atoms with Gasteiger partial charge in [0, 0.05) is 24.7 Å². The lowest BCUT2D eigenvalue weighted by atomic mass is 9.86. The second-order valence-corrected chi connectivity index (χ2v) is 5.58. The van der Waals surface area contributed by atoms with Crippen LogP contribution in [0.5, 0.6) is 0 Å². The monoisotopic (exact) mass is 250 g/mol. The number of hydrogen-bond acceptors (Lipinski definition) is 2. The van der Waals surface area contributed by atoms with Gasteiger partial charge in [-0.15, -0.1) is 0 Å². The van der Waals surface area contributed by atoms with Gasteiger partial charge in [-0.1, -0.05) is 24.6 Å². The number of benzene rings is 1. The Hall–Kier alpha value is -0.930. The summed E-state index contributed by atoms with van der Waals surface area (Å²) in [6.45, 7) is 1.69.